The predicted molar refractivity (Wildman–Crippen MR) is 69.6 cm³/mol. The highest BCUT2D eigenvalue weighted by molar-refractivity contribution is 4.91. The van der Waals surface area contributed by atoms with Crippen molar-refractivity contribution >= 4 is 0 Å². The second-order valence-electron chi connectivity index (χ2n) is 5.94. The van der Waals surface area contributed by atoms with Crippen LogP contribution in [0.4, 0.5) is 0 Å². The van der Waals surface area contributed by atoms with Crippen molar-refractivity contribution in [3.05, 3.63) is 0 Å². The lowest BCUT2D eigenvalue weighted by Crippen LogP contribution is -2.44. The third kappa shape index (κ3) is 4.65. The van der Waals surface area contributed by atoms with E-state index in [0.29, 0.717) is 12.0 Å². The maximum atomic E-state index is 8.96. The summed E-state index contributed by atoms with van der Waals surface area (Å²) in [5, 5.41) is 8.96. The Kier molecular flexibility index (Phi) is 5.42. The van der Waals surface area contributed by atoms with Gasteiger partial charge in [-0.3, -0.25) is 0 Å². The molecule has 98 valence electrons. The van der Waals surface area contributed by atoms with Crippen LogP contribution < -0.4 is 0 Å². The van der Waals surface area contributed by atoms with Crippen molar-refractivity contribution in [2.75, 3.05) is 26.7 Å². The van der Waals surface area contributed by atoms with Gasteiger partial charge in [0.1, 0.15) is 0 Å². The Morgan fingerprint density at radius 2 is 2.18 bits per heavy atom. The first-order valence-electron chi connectivity index (χ1n) is 6.65. The third-order valence-corrected chi connectivity index (χ3v) is 3.86. The molecule has 2 unspecified atom stereocenters. The van der Waals surface area contributed by atoms with Crippen molar-refractivity contribution in [3.63, 3.8) is 0 Å². The number of ether oxygens (including phenoxy) is 1. The van der Waals surface area contributed by atoms with Crippen LogP contribution in [0.5, 0.6) is 0 Å². The Labute approximate surface area is 106 Å². The maximum absolute atomic E-state index is 8.96. The van der Waals surface area contributed by atoms with Crippen molar-refractivity contribution in [3.8, 4) is 6.07 Å². The molecule has 1 aliphatic rings. The van der Waals surface area contributed by atoms with Crippen molar-refractivity contribution in [2.24, 2.45) is 11.3 Å². The van der Waals surface area contributed by atoms with Gasteiger partial charge in [0, 0.05) is 13.7 Å². The van der Waals surface area contributed by atoms with Gasteiger partial charge in [0.2, 0.25) is 0 Å². The molecule has 0 spiro atoms. The van der Waals surface area contributed by atoms with Crippen LogP contribution in [0.3, 0.4) is 0 Å². The van der Waals surface area contributed by atoms with Crippen LogP contribution >= 0.6 is 0 Å². The summed E-state index contributed by atoms with van der Waals surface area (Å²) >= 11 is 0. The van der Waals surface area contributed by atoms with E-state index in [2.05, 4.69) is 17.9 Å². The fourth-order valence-corrected chi connectivity index (χ4v) is 2.41. The quantitative estimate of drug-likeness (QED) is 0.739. The summed E-state index contributed by atoms with van der Waals surface area (Å²) in [6.07, 6.45) is 3.69. The molecule has 1 saturated heterocycles. The molecule has 0 aromatic rings. The van der Waals surface area contributed by atoms with Gasteiger partial charge >= 0.3 is 0 Å². The minimum atomic E-state index is -0.177. The van der Waals surface area contributed by atoms with E-state index in [-0.39, 0.29) is 5.41 Å². The Hall–Kier alpha value is -0.590. The van der Waals surface area contributed by atoms with Crippen LogP contribution in [-0.2, 0) is 4.74 Å². The van der Waals surface area contributed by atoms with Crippen molar-refractivity contribution in [2.45, 2.75) is 46.1 Å². The zero-order valence-electron chi connectivity index (χ0n) is 11.7. The first-order valence-corrected chi connectivity index (χ1v) is 6.65. The number of hydrogen-bond acceptors (Lipinski definition) is 3. The van der Waals surface area contributed by atoms with Gasteiger partial charge in [0.05, 0.1) is 17.6 Å². The lowest BCUT2D eigenvalue weighted by atomic mass is 9.89. The zero-order chi connectivity index (χ0) is 12.9. The average molecular weight is 238 g/mol. The molecule has 1 aliphatic heterocycles. The molecule has 0 amide bonds. The van der Waals surface area contributed by atoms with E-state index < -0.39 is 0 Å². The molecule has 0 aromatic carbocycles. The highest BCUT2D eigenvalue weighted by atomic mass is 16.5. The topological polar surface area (TPSA) is 36.3 Å². The lowest BCUT2D eigenvalue weighted by Gasteiger charge is -2.36. The first kappa shape index (κ1) is 14.5. The summed E-state index contributed by atoms with van der Waals surface area (Å²) < 4.78 is 5.51. The van der Waals surface area contributed by atoms with Gasteiger partial charge in [-0.05, 0) is 52.1 Å². The molecule has 0 saturated carbocycles. The predicted octanol–water partition coefficient (Wildman–Crippen LogP) is 2.67. The number of likely N-dealkylation sites (tertiary alicyclic amines) is 1. The van der Waals surface area contributed by atoms with E-state index in [1.54, 1.807) is 0 Å². The van der Waals surface area contributed by atoms with E-state index >= 15 is 0 Å². The summed E-state index contributed by atoms with van der Waals surface area (Å²) in [4.78, 5) is 2.47. The molecular formula is C14H26N2O. The summed E-state index contributed by atoms with van der Waals surface area (Å²) in [6.45, 7) is 9.62. The van der Waals surface area contributed by atoms with Crippen molar-refractivity contribution < 1.29 is 4.74 Å². The maximum Gasteiger partial charge on any atom is 0.0724 e. The van der Waals surface area contributed by atoms with Crippen LogP contribution in [0.1, 0.15) is 40.0 Å². The van der Waals surface area contributed by atoms with Gasteiger partial charge in [-0.15, -0.1) is 0 Å². The molecule has 1 heterocycles. The number of nitrogens with zero attached hydrogens (tertiary/aromatic N) is 2. The molecule has 0 aliphatic carbocycles. The fourth-order valence-electron chi connectivity index (χ4n) is 2.41. The van der Waals surface area contributed by atoms with Crippen molar-refractivity contribution in [1.29, 1.82) is 5.26 Å². The number of methoxy groups -OCH3 is 1. The fraction of sp³-hybridized carbons (Fsp3) is 0.929. The Bertz CT molecular complexity index is 270. The van der Waals surface area contributed by atoms with Gasteiger partial charge in [-0.1, -0.05) is 6.92 Å². The van der Waals surface area contributed by atoms with Crippen LogP contribution in [-0.4, -0.2) is 37.7 Å². The summed E-state index contributed by atoms with van der Waals surface area (Å²) in [5.74, 6) is 0.673. The van der Waals surface area contributed by atoms with Gasteiger partial charge in [0.25, 0.3) is 0 Å². The Balaban J connectivity index is 2.27. The van der Waals surface area contributed by atoms with E-state index in [9.17, 15) is 0 Å². The van der Waals surface area contributed by atoms with Crippen LogP contribution in [0.25, 0.3) is 0 Å². The molecule has 17 heavy (non-hydrogen) atoms. The van der Waals surface area contributed by atoms with Gasteiger partial charge in [0.15, 0.2) is 0 Å². The number of nitriles is 1. The second kappa shape index (κ2) is 6.37. The molecule has 1 fully saturated rings. The number of rotatable bonds is 5. The molecule has 3 heteroatoms. The molecule has 0 aromatic heterocycles. The zero-order valence-corrected chi connectivity index (χ0v) is 11.7. The van der Waals surface area contributed by atoms with Crippen molar-refractivity contribution in [1.82, 2.24) is 4.90 Å². The smallest absolute Gasteiger partial charge is 0.0724 e. The number of piperidine rings is 1. The highest BCUT2D eigenvalue weighted by Gasteiger charge is 2.26. The molecule has 2 atom stereocenters. The minimum absolute atomic E-state index is 0.177. The van der Waals surface area contributed by atoms with Gasteiger partial charge < -0.3 is 9.64 Å². The Morgan fingerprint density at radius 3 is 2.76 bits per heavy atom. The van der Waals surface area contributed by atoms with E-state index in [1.165, 1.54) is 13.0 Å². The van der Waals surface area contributed by atoms with E-state index in [4.69, 9.17) is 10.00 Å². The first-order chi connectivity index (χ1) is 7.98. The number of hydrogen-bond donors (Lipinski definition) is 0. The summed E-state index contributed by atoms with van der Waals surface area (Å²) in [6, 6.07) is 2.36. The summed E-state index contributed by atoms with van der Waals surface area (Å²) in [7, 11) is 1.81. The SMILES string of the molecule is COC1CN(CCCC(C)(C)C#N)CCC1C. The monoisotopic (exact) mass is 238 g/mol. The Morgan fingerprint density at radius 1 is 1.47 bits per heavy atom. The standard InChI is InChI=1S/C14H26N2O/c1-12-6-9-16(10-13(12)17-4)8-5-7-14(2,3)11-15/h12-13H,5-10H2,1-4H3. The molecule has 0 N–H and O–H groups in total. The van der Waals surface area contributed by atoms with Crippen LogP contribution in [0.2, 0.25) is 0 Å². The third-order valence-electron chi connectivity index (χ3n) is 3.86. The largest absolute Gasteiger partial charge is 0.380 e. The molecule has 1 rings (SSSR count). The molecule has 3 nitrogen and oxygen atoms in total. The second-order valence-corrected chi connectivity index (χ2v) is 5.94. The molecular weight excluding hydrogens is 212 g/mol. The van der Waals surface area contributed by atoms with Crippen LogP contribution in [0, 0.1) is 22.7 Å². The van der Waals surface area contributed by atoms with Gasteiger partial charge in [-0.2, -0.15) is 5.26 Å². The van der Waals surface area contributed by atoms with Gasteiger partial charge in [-0.25, -0.2) is 0 Å². The minimum Gasteiger partial charge on any atom is -0.380 e. The van der Waals surface area contributed by atoms with E-state index in [0.717, 1.165) is 25.9 Å². The molecule has 0 bridgehead atoms. The molecule has 0 radical (unpaired) electrons. The average Bonchev–Trinajstić information content (AvgIpc) is 2.31. The lowest BCUT2D eigenvalue weighted by molar-refractivity contribution is -0.00562. The summed E-state index contributed by atoms with van der Waals surface area (Å²) in [5.41, 5.74) is -0.177. The van der Waals surface area contributed by atoms with E-state index in [1.807, 2.05) is 21.0 Å². The van der Waals surface area contributed by atoms with Crippen LogP contribution in [0.15, 0.2) is 0 Å². The normalized spacial score (nSPS) is 26.8. The highest BCUT2D eigenvalue weighted by Crippen LogP contribution is 2.23.